The number of aryl methyl sites for hydroxylation is 2. The van der Waals surface area contributed by atoms with Crippen LogP contribution in [0.3, 0.4) is 0 Å². The van der Waals surface area contributed by atoms with Gasteiger partial charge in [0.2, 0.25) is 0 Å². The molecule has 152 valence electrons. The van der Waals surface area contributed by atoms with Gasteiger partial charge in [-0.15, -0.1) is 0 Å². The van der Waals surface area contributed by atoms with E-state index in [0.29, 0.717) is 11.1 Å². The van der Waals surface area contributed by atoms with Crippen molar-refractivity contribution in [3.05, 3.63) is 78.9 Å². The molecule has 2 rings (SSSR count). The molecule has 10 nitrogen and oxygen atoms in total. The van der Waals surface area contributed by atoms with E-state index in [1.165, 1.54) is 36.4 Å². The van der Waals surface area contributed by atoms with Gasteiger partial charge in [0.1, 0.15) is 0 Å². The molecule has 0 aromatic heterocycles. The third kappa shape index (κ3) is 5.34. The van der Waals surface area contributed by atoms with E-state index < -0.39 is 27.7 Å². The third-order valence-electron chi connectivity index (χ3n) is 4.26. The summed E-state index contributed by atoms with van der Waals surface area (Å²) < 4.78 is 0. The summed E-state index contributed by atoms with van der Waals surface area (Å²) >= 11 is 0. The van der Waals surface area contributed by atoms with Crippen LogP contribution in [0.4, 0.5) is 11.4 Å². The first-order chi connectivity index (χ1) is 13.6. The molecule has 0 aliphatic heterocycles. The van der Waals surface area contributed by atoms with E-state index in [0.717, 1.165) is 0 Å². The van der Waals surface area contributed by atoms with Crippen molar-refractivity contribution < 1.29 is 19.4 Å². The molecule has 2 N–H and O–H groups in total. The Bertz CT molecular complexity index is 989. The fourth-order valence-electron chi connectivity index (χ4n) is 2.71. The minimum absolute atomic E-state index is 0.0689. The van der Waals surface area contributed by atoms with Gasteiger partial charge in [0.05, 0.1) is 9.85 Å². The number of carbonyl (C=O) groups is 2. The predicted molar refractivity (Wildman–Crippen MR) is 105 cm³/mol. The summed E-state index contributed by atoms with van der Waals surface area (Å²) in [5.74, 6) is -0.841. The zero-order valence-corrected chi connectivity index (χ0v) is 16.1. The molecule has 29 heavy (non-hydrogen) atoms. The monoisotopic (exact) mass is 400 g/mol. The average molecular weight is 400 g/mol. The third-order valence-corrected chi connectivity index (χ3v) is 4.26. The fourth-order valence-corrected chi connectivity index (χ4v) is 2.71. The Morgan fingerprint density at radius 1 is 0.897 bits per heavy atom. The van der Waals surface area contributed by atoms with Crippen molar-refractivity contribution in [1.82, 2.24) is 10.6 Å². The van der Waals surface area contributed by atoms with E-state index in [1.807, 2.05) is 0 Å². The highest BCUT2D eigenvalue weighted by molar-refractivity contribution is 5.96. The van der Waals surface area contributed by atoms with Crippen LogP contribution >= 0.6 is 0 Å². The predicted octanol–water partition coefficient (Wildman–Crippen LogP) is 2.67. The number of nitrogens with zero attached hydrogens (tertiary/aromatic N) is 2. The van der Waals surface area contributed by atoms with Gasteiger partial charge in [0.15, 0.2) is 0 Å². The maximum Gasteiger partial charge on any atom is 0.272 e. The van der Waals surface area contributed by atoms with E-state index >= 15 is 0 Å². The van der Waals surface area contributed by atoms with E-state index in [2.05, 4.69) is 10.6 Å². The first-order valence-electron chi connectivity index (χ1n) is 8.69. The van der Waals surface area contributed by atoms with Gasteiger partial charge >= 0.3 is 0 Å². The van der Waals surface area contributed by atoms with Gasteiger partial charge in [0, 0.05) is 47.0 Å². The molecule has 0 fully saturated rings. The molecule has 0 spiro atoms. The van der Waals surface area contributed by atoms with Gasteiger partial charge < -0.3 is 10.6 Å². The molecule has 0 heterocycles. The Kier molecular flexibility index (Phi) is 6.60. The van der Waals surface area contributed by atoms with Gasteiger partial charge in [-0.1, -0.05) is 0 Å². The van der Waals surface area contributed by atoms with Crippen LogP contribution in [0, 0.1) is 34.1 Å². The highest BCUT2D eigenvalue weighted by atomic mass is 16.6. The normalized spacial score (nSPS) is 11.4. The Morgan fingerprint density at radius 2 is 1.34 bits per heavy atom. The topological polar surface area (TPSA) is 144 Å². The van der Waals surface area contributed by atoms with E-state index in [1.54, 1.807) is 20.8 Å². The summed E-state index contributed by atoms with van der Waals surface area (Å²) in [6.45, 7) is 4.92. The lowest BCUT2D eigenvalue weighted by Gasteiger charge is -2.15. The molecule has 0 saturated carbocycles. The summed E-state index contributed by atoms with van der Waals surface area (Å²) in [6.07, 6.45) is 0. The lowest BCUT2D eigenvalue weighted by atomic mass is 10.1. The van der Waals surface area contributed by atoms with Gasteiger partial charge in [-0.05, 0) is 45.0 Å². The maximum absolute atomic E-state index is 12.3. The van der Waals surface area contributed by atoms with Gasteiger partial charge in [-0.2, -0.15) is 0 Å². The first kappa shape index (κ1) is 21.5. The van der Waals surface area contributed by atoms with Crippen LogP contribution < -0.4 is 10.6 Å². The van der Waals surface area contributed by atoms with Crippen molar-refractivity contribution in [3.63, 3.8) is 0 Å². The molecule has 0 bridgehead atoms. The highest BCUT2D eigenvalue weighted by Crippen LogP contribution is 2.19. The molecule has 2 aromatic carbocycles. The number of amides is 2. The number of hydrogen-bond acceptors (Lipinski definition) is 6. The molecule has 1 atom stereocenters. The van der Waals surface area contributed by atoms with Gasteiger partial charge in [-0.25, -0.2) is 0 Å². The number of nitro benzene ring substituents is 2. The summed E-state index contributed by atoms with van der Waals surface area (Å²) in [6, 6.07) is 7.71. The van der Waals surface area contributed by atoms with Crippen molar-refractivity contribution in [2.75, 3.05) is 6.54 Å². The van der Waals surface area contributed by atoms with E-state index in [9.17, 15) is 29.8 Å². The largest absolute Gasteiger partial charge is 0.350 e. The van der Waals surface area contributed by atoms with Crippen molar-refractivity contribution in [1.29, 1.82) is 0 Å². The Morgan fingerprint density at radius 3 is 1.76 bits per heavy atom. The van der Waals surface area contributed by atoms with Crippen molar-refractivity contribution in [2.45, 2.75) is 26.8 Å². The summed E-state index contributed by atoms with van der Waals surface area (Å²) in [7, 11) is 0. The molecule has 0 aliphatic carbocycles. The summed E-state index contributed by atoms with van der Waals surface area (Å²) in [5, 5.41) is 27.0. The Hall–Kier alpha value is -3.82. The van der Waals surface area contributed by atoms with Crippen LogP contribution in [-0.4, -0.2) is 34.2 Å². The fraction of sp³-hybridized carbons (Fsp3) is 0.263. The van der Waals surface area contributed by atoms with E-state index in [-0.39, 0.29) is 29.0 Å². The Labute approximate surface area is 166 Å². The maximum atomic E-state index is 12.3. The van der Waals surface area contributed by atoms with Crippen molar-refractivity contribution in [3.8, 4) is 0 Å². The number of hydrogen-bond donors (Lipinski definition) is 2. The Balaban J connectivity index is 1.94. The number of benzene rings is 2. The zero-order valence-electron chi connectivity index (χ0n) is 16.1. The molecule has 2 amide bonds. The molecule has 0 radical (unpaired) electrons. The first-order valence-corrected chi connectivity index (χ1v) is 8.69. The SMILES string of the molecule is Cc1cc(C(=O)NCC(C)NC(=O)c2ccc([N+](=O)[O-])c(C)c2)ccc1[N+](=O)[O-]. The van der Waals surface area contributed by atoms with Crippen LogP contribution in [0.2, 0.25) is 0 Å². The number of carbonyl (C=O) groups excluding carboxylic acids is 2. The quantitative estimate of drug-likeness (QED) is 0.540. The molecule has 1 unspecified atom stereocenters. The van der Waals surface area contributed by atoms with Crippen LogP contribution in [-0.2, 0) is 0 Å². The second kappa shape index (κ2) is 8.91. The second-order valence-electron chi connectivity index (χ2n) is 6.60. The standard InChI is InChI=1S/C19H20N4O6/c1-11-8-14(4-6-16(11)22(26)27)18(24)20-10-13(3)21-19(25)15-5-7-17(23(28)29)12(2)9-15/h4-9,13H,10H2,1-3H3,(H,20,24)(H,21,25). The average Bonchev–Trinajstić information content (AvgIpc) is 2.65. The van der Waals surface area contributed by atoms with Crippen molar-refractivity contribution in [2.24, 2.45) is 0 Å². The van der Waals surface area contributed by atoms with E-state index in [4.69, 9.17) is 0 Å². The van der Waals surface area contributed by atoms with Crippen LogP contribution in [0.5, 0.6) is 0 Å². The number of nitrogens with one attached hydrogen (secondary N) is 2. The minimum atomic E-state index is -0.519. The number of rotatable bonds is 7. The second-order valence-corrected chi connectivity index (χ2v) is 6.60. The minimum Gasteiger partial charge on any atom is -0.350 e. The molecule has 10 heteroatoms. The molecular weight excluding hydrogens is 380 g/mol. The van der Waals surface area contributed by atoms with Gasteiger partial charge in [-0.3, -0.25) is 29.8 Å². The molecule has 2 aromatic rings. The van der Waals surface area contributed by atoms with Crippen molar-refractivity contribution >= 4 is 23.2 Å². The van der Waals surface area contributed by atoms with Crippen LogP contribution in [0.25, 0.3) is 0 Å². The van der Waals surface area contributed by atoms with Crippen LogP contribution in [0.15, 0.2) is 36.4 Å². The molecule has 0 aliphatic rings. The number of nitro groups is 2. The van der Waals surface area contributed by atoms with Gasteiger partial charge in [0.25, 0.3) is 23.2 Å². The summed E-state index contributed by atoms with van der Waals surface area (Å²) in [5.41, 5.74) is 1.16. The zero-order chi connectivity index (χ0) is 21.7. The lowest BCUT2D eigenvalue weighted by molar-refractivity contribution is -0.385. The van der Waals surface area contributed by atoms with Crippen LogP contribution in [0.1, 0.15) is 38.8 Å². The summed E-state index contributed by atoms with van der Waals surface area (Å²) in [4.78, 5) is 45.2. The molecular formula is C19H20N4O6. The smallest absolute Gasteiger partial charge is 0.272 e. The lowest BCUT2D eigenvalue weighted by Crippen LogP contribution is -2.41. The highest BCUT2D eigenvalue weighted by Gasteiger charge is 2.17. The molecule has 0 saturated heterocycles.